The van der Waals surface area contributed by atoms with Crippen LogP contribution in [0.5, 0.6) is 11.5 Å². The normalized spacial score (nSPS) is 21.3. The summed E-state index contributed by atoms with van der Waals surface area (Å²) in [5.41, 5.74) is 1.48. The number of hydrogen-bond acceptors (Lipinski definition) is 8. The number of amides is 2. The van der Waals surface area contributed by atoms with Crippen molar-refractivity contribution in [1.82, 2.24) is 10.2 Å². The Morgan fingerprint density at radius 2 is 1.97 bits per heavy atom. The van der Waals surface area contributed by atoms with Gasteiger partial charge in [0, 0.05) is 36.4 Å². The summed E-state index contributed by atoms with van der Waals surface area (Å²) >= 11 is 0. The highest BCUT2D eigenvalue weighted by atomic mass is 19.1. The second-order valence-electron chi connectivity index (χ2n) is 9.27. The number of nitrogens with one attached hydrogen (secondary N) is 1. The van der Waals surface area contributed by atoms with Crippen molar-refractivity contribution in [3.8, 4) is 11.5 Å². The van der Waals surface area contributed by atoms with E-state index in [1.807, 2.05) is 0 Å². The van der Waals surface area contributed by atoms with Gasteiger partial charge in [0.25, 0.3) is 0 Å². The Hall–Kier alpha value is -3.51. The van der Waals surface area contributed by atoms with Crippen LogP contribution >= 0.6 is 0 Å². The Kier molecular flexibility index (Phi) is 9.18. The van der Waals surface area contributed by atoms with Crippen molar-refractivity contribution >= 4 is 11.8 Å². The first-order valence-electron chi connectivity index (χ1n) is 12.7. The first-order valence-corrected chi connectivity index (χ1v) is 12.7. The molecule has 0 saturated carbocycles. The molecule has 210 valence electrons. The summed E-state index contributed by atoms with van der Waals surface area (Å²) in [6.07, 6.45) is -0.841. The molecule has 1 heterocycles. The van der Waals surface area contributed by atoms with Crippen molar-refractivity contribution in [1.29, 1.82) is 0 Å². The highest BCUT2D eigenvalue weighted by molar-refractivity contribution is 5.96. The lowest BCUT2D eigenvalue weighted by Gasteiger charge is -2.40. The lowest BCUT2D eigenvalue weighted by Crippen LogP contribution is -2.56. The number of rotatable bonds is 11. The van der Waals surface area contributed by atoms with E-state index < -0.39 is 41.8 Å². The summed E-state index contributed by atoms with van der Waals surface area (Å²) in [5.74, 6) is -1.69. The summed E-state index contributed by atoms with van der Waals surface area (Å²) in [6, 6.07) is 8.20. The molecule has 0 aromatic heterocycles. The van der Waals surface area contributed by atoms with Crippen LogP contribution < -0.4 is 14.8 Å². The topological polar surface area (TPSA) is 138 Å². The third-order valence-electron chi connectivity index (χ3n) is 6.90. The predicted octanol–water partition coefficient (Wildman–Crippen LogP) is 1.01. The number of aliphatic hydroxyl groups is 3. The van der Waals surface area contributed by atoms with Crippen LogP contribution in [0.15, 0.2) is 48.0 Å². The first kappa shape index (κ1) is 28.5. The molecule has 0 bridgehead atoms. The van der Waals surface area contributed by atoms with Gasteiger partial charge in [-0.1, -0.05) is 18.2 Å². The van der Waals surface area contributed by atoms with E-state index in [2.05, 4.69) is 5.32 Å². The second-order valence-corrected chi connectivity index (χ2v) is 9.27. The van der Waals surface area contributed by atoms with Gasteiger partial charge in [-0.2, -0.15) is 0 Å². The molecule has 1 aliphatic carbocycles. The maximum Gasteiger partial charge on any atom is 0.249 e. The van der Waals surface area contributed by atoms with Crippen LogP contribution in [-0.4, -0.2) is 83.8 Å². The monoisotopic (exact) mass is 544 g/mol. The summed E-state index contributed by atoms with van der Waals surface area (Å²) in [4.78, 5) is 27.9. The Balaban J connectivity index is 1.82. The number of aliphatic hydroxyl groups excluding tert-OH is 3. The maximum atomic E-state index is 14.6. The summed E-state index contributed by atoms with van der Waals surface area (Å²) in [6.45, 7) is 0.909. The van der Waals surface area contributed by atoms with E-state index in [9.17, 15) is 29.3 Å². The van der Waals surface area contributed by atoms with E-state index in [0.717, 1.165) is 0 Å². The Morgan fingerprint density at radius 1 is 1.21 bits per heavy atom. The zero-order valence-electron chi connectivity index (χ0n) is 21.8. The van der Waals surface area contributed by atoms with Crippen molar-refractivity contribution in [3.05, 3.63) is 70.6 Å². The molecule has 10 nitrogen and oxygen atoms in total. The molecular formula is C28H33FN2O8. The van der Waals surface area contributed by atoms with Gasteiger partial charge in [0.15, 0.2) is 11.5 Å². The van der Waals surface area contributed by atoms with Crippen LogP contribution in [0.4, 0.5) is 4.39 Å². The van der Waals surface area contributed by atoms with Gasteiger partial charge in [0.05, 0.1) is 32.3 Å². The Labute approximate surface area is 225 Å². The average Bonchev–Trinajstić information content (AvgIpc) is 3.34. The minimum atomic E-state index is -1.32. The molecule has 2 amide bonds. The Morgan fingerprint density at radius 3 is 2.64 bits per heavy atom. The molecule has 4 N–H and O–H groups in total. The first-order chi connectivity index (χ1) is 18.8. The van der Waals surface area contributed by atoms with Gasteiger partial charge in [-0.05, 0) is 36.8 Å². The molecule has 0 spiro atoms. The van der Waals surface area contributed by atoms with Crippen LogP contribution in [0.2, 0.25) is 0 Å². The molecule has 4 atom stereocenters. The van der Waals surface area contributed by atoms with Crippen LogP contribution in [0.3, 0.4) is 0 Å². The molecule has 11 heteroatoms. The minimum Gasteiger partial charge on any atom is -0.493 e. The molecule has 2 aromatic rings. The fraction of sp³-hybridized carbons (Fsp3) is 0.429. The molecule has 0 radical (unpaired) electrons. The highest BCUT2D eigenvalue weighted by Gasteiger charge is 2.51. The summed E-state index contributed by atoms with van der Waals surface area (Å²) in [7, 11) is 1.44. The van der Waals surface area contributed by atoms with Crippen LogP contribution in [0.1, 0.15) is 29.5 Å². The van der Waals surface area contributed by atoms with Gasteiger partial charge in [0.1, 0.15) is 24.6 Å². The number of nitrogens with zero attached hydrogens (tertiary/aromatic N) is 1. The quantitative estimate of drug-likeness (QED) is 0.329. The highest BCUT2D eigenvalue weighted by Crippen LogP contribution is 2.51. The number of ether oxygens (including phenoxy) is 3. The lowest BCUT2D eigenvalue weighted by atomic mass is 9.77. The molecule has 0 saturated heterocycles. The van der Waals surface area contributed by atoms with E-state index in [0.29, 0.717) is 22.6 Å². The SMILES string of the molecule is CCOCC(=O)N(Cc1ccccc1F)[C@@H]1C=C(C(=O)NCCO)[C@@H]2c3cc(CO)cc(OC)c3O[C@@H]2[C@H]1O. The molecule has 2 aliphatic rings. The van der Waals surface area contributed by atoms with Crippen molar-refractivity contribution in [2.75, 3.05) is 33.5 Å². The molecule has 0 unspecified atom stereocenters. The molecule has 1 aliphatic heterocycles. The minimum absolute atomic E-state index is 0.0172. The third kappa shape index (κ3) is 5.76. The number of carbonyl (C=O) groups excluding carboxylic acids is 2. The van der Waals surface area contributed by atoms with Gasteiger partial charge in [-0.3, -0.25) is 9.59 Å². The Bertz CT molecular complexity index is 1240. The van der Waals surface area contributed by atoms with E-state index in [1.165, 1.54) is 36.3 Å². The number of fused-ring (bicyclic) bond motifs is 3. The molecule has 4 rings (SSSR count). The van der Waals surface area contributed by atoms with E-state index >= 15 is 0 Å². The number of benzene rings is 2. The van der Waals surface area contributed by atoms with Crippen molar-refractivity contribution < 1.29 is 43.5 Å². The van der Waals surface area contributed by atoms with Gasteiger partial charge in [-0.15, -0.1) is 0 Å². The maximum absolute atomic E-state index is 14.6. The number of hydrogen-bond donors (Lipinski definition) is 4. The largest absolute Gasteiger partial charge is 0.493 e. The summed E-state index contributed by atoms with van der Waals surface area (Å²) in [5, 5.41) is 33.3. The predicted molar refractivity (Wildman–Crippen MR) is 137 cm³/mol. The van der Waals surface area contributed by atoms with E-state index in [4.69, 9.17) is 14.2 Å². The fourth-order valence-electron chi connectivity index (χ4n) is 5.06. The lowest BCUT2D eigenvalue weighted by molar-refractivity contribution is -0.142. The van der Waals surface area contributed by atoms with Crippen molar-refractivity contribution in [2.45, 2.75) is 44.2 Å². The average molecular weight is 545 g/mol. The van der Waals surface area contributed by atoms with Crippen LogP contribution in [0.25, 0.3) is 0 Å². The molecule has 2 aromatic carbocycles. The number of methoxy groups -OCH3 is 1. The van der Waals surface area contributed by atoms with Gasteiger partial charge in [0.2, 0.25) is 11.8 Å². The van der Waals surface area contributed by atoms with E-state index in [1.54, 1.807) is 25.1 Å². The van der Waals surface area contributed by atoms with Crippen molar-refractivity contribution in [3.63, 3.8) is 0 Å². The number of carbonyl (C=O) groups is 2. The van der Waals surface area contributed by atoms with Gasteiger partial charge < -0.3 is 39.7 Å². The standard InChI is InChI=1S/C28H33FN2O8/c1-3-38-15-23(34)31(13-17-6-4-5-7-20(17)29)21-12-19(28(36)30-8-9-32)24-18-10-16(14-33)11-22(37-2)26(18)39-27(24)25(21)35/h4-7,10-12,21,24-25,27,32-33,35H,3,8-9,13-15H2,1-2H3,(H,30,36)/t21-,24+,25+,27+/m1/s1. The molecule has 0 fully saturated rings. The fourth-order valence-corrected chi connectivity index (χ4v) is 5.06. The summed E-state index contributed by atoms with van der Waals surface area (Å²) < 4.78 is 31.6. The smallest absolute Gasteiger partial charge is 0.249 e. The molecule has 39 heavy (non-hydrogen) atoms. The van der Waals surface area contributed by atoms with Crippen LogP contribution in [0, 0.1) is 5.82 Å². The van der Waals surface area contributed by atoms with Crippen LogP contribution in [-0.2, 0) is 27.5 Å². The van der Waals surface area contributed by atoms with Gasteiger partial charge in [-0.25, -0.2) is 4.39 Å². The zero-order chi connectivity index (χ0) is 28.1. The van der Waals surface area contributed by atoms with Gasteiger partial charge >= 0.3 is 0 Å². The number of halogens is 1. The molecular weight excluding hydrogens is 511 g/mol. The third-order valence-corrected chi connectivity index (χ3v) is 6.90. The van der Waals surface area contributed by atoms with E-state index in [-0.39, 0.29) is 50.7 Å². The second kappa shape index (κ2) is 12.6. The zero-order valence-corrected chi connectivity index (χ0v) is 21.8. The van der Waals surface area contributed by atoms with Crippen molar-refractivity contribution in [2.24, 2.45) is 0 Å².